The van der Waals surface area contributed by atoms with Crippen LogP contribution in [0, 0.1) is 17.2 Å². The summed E-state index contributed by atoms with van der Waals surface area (Å²) in [6.45, 7) is 7.17. The molecule has 0 aromatic carbocycles. The Morgan fingerprint density at radius 1 is 1.50 bits per heavy atom. The first-order valence-corrected chi connectivity index (χ1v) is 3.96. The minimum Gasteiger partial charge on any atom is -0.302 e. The Morgan fingerprint density at radius 3 is 2.30 bits per heavy atom. The highest BCUT2D eigenvalue weighted by Gasteiger charge is 2.18. The Kier molecular flexibility index (Phi) is 4.96. The first kappa shape index (κ1) is 9.45. The third-order valence-electron chi connectivity index (χ3n) is 1.51. The summed E-state index contributed by atoms with van der Waals surface area (Å²) in [5.74, 6) is 0.694. The maximum atomic E-state index is 8.37. The van der Waals surface area contributed by atoms with Gasteiger partial charge in [-0.2, -0.15) is 5.26 Å². The fourth-order valence-corrected chi connectivity index (χ4v) is 1.01. The zero-order chi connectivity index (χ0) is 7.98. The van der Waals surface area contributed by atoms with Gasteiger partial charge in [0.15, 0.2) is 0 Å². The highest BCUT2D eigenvalue weighted by atomic mass is 14.9. The molecule has 0 amide bonds. The van der Waals surface area contributed by atoms with E-state index in [0.717, 1.165) is 13.0 Å². The summed E-state index contributed by atoms with van der Waals surface area (Å²) in [5, 5.41) is 11.5. The lowest BCUT2D eigenvalue weighted by atomic mass is 10.1. The molecule has 0 aromatic rings. The van der Waals surface area contributed by atoms with Crippen LogP contribution < -0.4 is 5.32 Å². The molecule has 0 bridgehead atoms. The summed E-state index contributed by atoms with van der Waals surface area (Å²) >= 11 is 0. The van der Waals surface area contributed by atoms with E-state index >= 15 is 0 Å². The van der Waals surface area contributed by atoms with Crippen molar-refractivity contribution >= 4 is 0 Å². The number of hydrogen-bond donors (Lipinski definition) is 1. The summed E-state index contributed by atoms with van der Waals surface area (Å²) in [6, 6.07) is 2.31. The maximum absolute atomic E-state index is 8.37. The average Bonchev–Trinajstić information content (AvgIpc) is 2.40. The highest BCUT2D eigenvalue weighted by Crippen LogP contribution is 2.10. The van der Waals surface area contributed by atoms with Crippen molar-refractivity contribution in [2.75, 3.05) is 6.54 Å². The van der Waals surface area contributed by atoms with Crippen molar-refractivity contribution in [1.29, 1.82) is 5.26 Å². The molecule has 0 aromatic heterocycles. The molecule has 2 nitrogen and oxygen atoms in total. The highest BCUT2D eigenvalue weighted by molar-refractivity contribution is 4.95. The van der Waals surface area contributed by atoms with Gasteiger partial charge in [0.25, 0.3) is 0 Å². The smallest absolute Gasteiger partial charge is 0.0956 e. The number of hydrogen-bond acceptors (Lipinski definition) is 2. The molecule has 2 heteroatoms. The van der Waals surface area contributed by atoms with Crippen molar-refractivity contribution in [2.24, 2.45) is 5.92 Å². The van der Waals surface area contributed by atoms with Gasteiger partial charge in [0.1, 0.15) is 0 Å². The quantitative estimate of drug-likeness (QED) is 0.554. The van der Waals surface area contributed by atoms with Crippen molar-refractivity contribution in [3.05, 3.63) is 0 Å². The van der Waals surface area contributed by atoms with Gasteiger partial charge in [0, 0.05) is 0 Å². The molecule has 1 heterocycles. The van der Waals surface area contributed by atoms with Gasteiger partial charge in [-0.05, 0) is 18.9 Å². The summed E-state index contributed by atoms with van der Waals surface area (Å²) in [7, 11) is 0. The summed E-state index contributed by atoms with van der Waals surface area (Å²) < 4.78 is 0. The van der Waals surface area contributed by atoms with E-state index < -0.39 is 0 Å². The van der Waals surface area contributed by atoms with Crippen LogP contribution in [0.25, 0.3) is 0 Å². The Balaban J connectivity index is 0.000000371. The molecule has 0 unspecified atom stereocenters. The normalized spacial score (nSPS) is 30.2. The molecular formula is C8H16N2. The van der Waals surface area contributed by atoms with Crippen LogP contribution >= 0.6 is 0 Å². The van der Waals surface area contributed by atoms with Crippen LogP contribution in [-0.4, -0.2) is 12.6 Å². The molecule has 0 spiro atoms. The van der Waals surface area contributed by atoms with Crippen LogP contribution in [0.15, 0.2) is 0 Å². The topological polar surface area (TPSA) is 35.8 Å². The number of nitriles is 1. The van der Waals surface area contributed by atoms with Crippen molar-refractivity contribution in [3.63, 3.8) is 0 Å². The minimum atomic E-state index is 0.130. The molecule has 1 aliphatic rings. The predicted molar refractivity (Wildman–Crippen MR) is 42.5 cm³/mol. The van der Waals surface area contributed by atoms with Gasteiger partial charge in [-0.25, -0.2) is 0 Å². The van der Waals surface area contributed by atoms with E-state index in [1.807, 2.05) is 13.8 Å². The first-order valence-electron chi connectivity index (χ1n) is 3.96. The third kappa shape index (κ3) is 2.84. The molecule has 0 saturated carbocycles. The minimum absolute atomic E-state index is 0.130. The van der Waals surface area contributed by atoms with E-state index in [1.165, 1.54) is 0 Å². The Hall–Kier alpha value is -0.550. The van der Waals surface area contributed by atoms with Crippen molar-refractivity contribution in [3.8, 4) is 6.07 Å². The summed E-state index contributed by atoms with van der Waals surface area (Å²) in [6.07, 6.45) is 1.02. The second-order valence-corrected chi connectivity index (χ2v) is 2.43. The van der Waals surface area contributed by atoms with Crippen LogP contribution in [0.4, 0.5) is 0 Å². The summed E-state index contributed by atoms with van der Waals surface area (Å²) in [4.78, 5) is 0. The van der Waals surface area contributed by atoms with Crippen molar-refractivity contribution in [2.45, 2.75) is 33.2 Å². The Morgan fingerprint density at radius 2 is 2.10 bits per heavy atom. The SMILES string of the molecule is CC.C[C@H]1CN[C@@H](C#N)C1. The molecular weight excluding hydrogens is 124 g/mol. The van der Waals surface area contributed by atoms with Gasteiger partial charge in [-0.3, -0.25) is 0 Å². The molecule has 58 valence electrons. The number of nitrogens with one attached hydrogen (secondary N) is 1. The van der Waals surface area contributed by atoms with E-state index in [1.54, 1.807) is 0 Å². The van der Waals surface area contributed by atoms with E-state index in [-0.39, 0.29) is 6.04 Å². The molecule has 0 aliphatic carbocycles. The number of rotatable bonds is 0. The zero-order valence-corrected chi connectivity index (χ0v) is 7.02. The molecule has 10 heavy (non-hydrogen) atoms. The molecule has 1 N–H and O–H groups in total. The molecule has 0 radical (unpaired) electrons. The average molecular weight is 140 g/mol. The molecule has 2 atom stereocenters. The van der Waals surface area contributed by atoms with Gasteiger partial charge < -0.3 is 5.32 Å². The Labute approximate surface area is 63.2 Å². The maximum Gasteiger partial charge on any atom is 0.0956 e. The van der Waals surface area contributed by atoms with Gasteiger partial charge in [0.05, 0.1) is 12.1 Å². The second-order valence-electron chi connectivity index (χ2n) is 2.43. The zero-order valence-electron chi connectivity index (χ0n) is 7.02. The van der Waals surface area contributed by atoms with Crippen molar-refractivity contribution in [1.82, 2.24) is 5.32 Å². The lowest BCUT2D eigenvalue weighted by Gasteiger charge is -1.93. The molecule has 1 saturated heterocycles. The van der Waals surface area contributed by atoms with Gasteiger partial charge in [0.2, 0.25) is 0 Å². The summed E-state index contributed by atoms with van der Waals surface area (Å²) in [5.41, 5.74) is 0. The van der Waals surface area contributed by atoms with Gasteiger partial charge in [-0.15, -0.1) is 0 Å². The van der Waals surface area contributed by atoms with Crippen LogP contribution in [0.2, 0.25) is 0 Å². The van der Waals surface area contributed by atoms with E-state index in [0.29, 0.717) is 5.92 Å². The van der Waals surface area contributed by atoms with Gasteiger partial charge >= 0.3 is 0 Å². The lowest BCUT2D eigenvalue weighted by Crippen LogP contribution is -2.18. The van der Waals surface area contributed by atoms with Crippen LogP contribution in [0.5, 0.6) is 0 Å². The van der Waals surface area contributed by atoms with Crippen LogP contribution in [0.1, 0.15) is 27.2 Å². The molecule has 1 fully saturated rings. The lowest BCUT2D eigenvalue weighted by molar-refractivity contribution is 0.643. The third-order valence-corrected chi connectivity index (χ3v) is 1.51. The number of nitrogens with zero attached hydrogens (tertiary/aromatic N) is 1. The van der Waals surface area contributed by atoms with E-state index in [4.69, 9.17) is 5.26 Å². The largest absolute Gasteiger partial charge is 0.302 e. The van der Waals surface area contributed by atoms with Gasteiger partial charge in [-0.1, -0.05) is 20.8 Å². The van der Waals surface area contributed by atoms with Crippen LogP contribution in [0.3, 0.4) is 0 Å². The van der Waals surface area contributed by atoms with Crippen molar-refractivity contribution < 1.29 is 0 Å². The Bertz CT molecular complexity index is 115. The van der Waals surface area contributed by atoms with E-state index in [9.17, 15) is 0 Å². The standard InChI is InChI=1S/C6H10N2.C2H6/c1-5-2-6(3-7)8-4-5;1-2/h5-6,8H,2,4H2,1H3;1-2H3/t5-,6-;/m1./s1. The van der Waals surface area contributed by atoms with E-state index in [2.05, 4.69) is 18.3 Å². The second kappa shape index (κ2) is 5.25. The first-order chi connectivity index (χ1) is 4.83. The fourth-order valence-electron chi connectivity index (χ4n) is 1.01. The van der Waals surface area contributed by atoms with Crippen LogP contribution in [-0.2, 0) is 0 Å². The molecule has 1 aliphatic heterocycles. The monoisotopic (exact) mass is 140 g/mol. The predicted octanol–water partition coefficient (Wildman–Crippen LogP) is 1.53. The molecule has 1 rings (SSSR count). The fraction of sp³-hybridized carbons (Fsp3) is 0.875.